The summed E-state index contributed by atoms with van der Waals surface area (Å²) in [5, 5.41) is 0. The van der Waals surface area contributed by atoms with Crippen molar-refractivity contribution in [2.24, 2.45) is 0 Å². The van der Waals surface area contributed by atoms with Crippen molar-refractivity contribution in [1.82, 2.24) is 9.80 Å². The van der Waals surface area contributed by atoms with Gasteiger partial charge in [0.25, 0.3) is 11.8 Å². The fourth-order valence-electron chi connectivity index (χ4n) is 3.97. The number of benzene rings is 3. The molecule has 3 aromatic rings. The van der Waals surface area contributed by atoms with Gasteiger partial charge < -0.3 is 9.64 Å². The van der Waals surface area contributed by atoms with Gasteiger partial charge in [0.15, 0.2) is 0 Å². The third-order valence-corrected chi connectivity index (χ3v) is 5.63. The van der Waals surface area contributed by atoms with E-state index >= 15 is 0 Å². The predicted octanol–water partition coefficient (Wildman–Crippen LogP) is 4.42. The number of imide groups is 1. The number of aryl methyl sites for hydroxylation is 1. The molecular formula is C27H26N2O3. The molecule has 0 radical (unpaired) electrons. The Morgan fingerprint density at radius 1 is 0.812 bits per heavy atom. The number of ether oxygens (including phenoxy) is 1. The molecule has 0 unspecified atom stereocenters. The summed E-state index contributed by atoms with van der Waals surface area (Å²) >= 11 is 0. The minimum absolute atomic E-state index is 0.222. The molecule has 1 aliphatic rings. The lowest BCUT2D eigenvalue weighted by Crippen LogP contribution is -2.33. The van der Waals surface area contributed by atoms with E-state index < -0.39 is 0 Å². The lowest BCUT2D eigenvalue weighted by Gasteiger charge is -2.22. The number of para-hydroxylation sites is 1. The number of methoxy groups -OCH3 is 1. The van der Waals surface area contributed by atoms with Gasteiger partial charge in [-0.3, -0.25) is 14.5 Å². The van der Waals surface area contributed by atoms with Crippen LogP contribution in [0.2, 0.25) is 0 Å². The maximum atomic E-state index is 13.6. The normalized spacial score (nSPS) is 13.7. The maximum absolute atomic E-state index is 13.6. The minimum atomic E-state index is -0.310. The Balaban J connectivity index is 1.76. The van der Waals surface area contributed by atoms with Gasteiger partial charge in [-0.15, -0.1) is 0 Å². The lowest BCUT2D eigenvalue weighted by atomic mass is 10.0. The summed E-state index contributed by atoms with van der Waals surface area (Å²) in [6, 6.07) is 25.1. The van der Waals surface area contributed by atoms with Gasteiger partial charge in [0.2, 0.25) is 0 Å². The Labute approximate surface area is 188 Å². The van der Waals surface area contributed by atoms with E-state index in [-0.39, 0.29) is 18.4 Å². The van der Waals surface area contributed by atoms with Crippen molar-refractivity contribution in [3.63, 3.8) is 0 Å². The molecule has 0 bridgehead atoms. The number of nitrogens with zero attached hydrogens (tertiary/aromatic N) is 2. The fraction of sp³-hybridized carbons (Fsp3) is 0.185. The quantitative estimate of drug-likeness (QED) is 0.525. The lowest BCUT2D eigenvalue weighted by molar-refractivity contribution is -0.138. The van der Waals surface area contributed by atoms with Crippen LogP contribution in [0.3, 0.4) is 0 Å². The zero-order chi connectivity index (χ0) is 22.7. The van der Waals surface area contributed by atoms with Gasteiger partial charge in [-0.2, -0.15) is 0 Å². The highest BCUT2D eigenvalue weighted by Gasteiger charge is 2.41. The van der Waals surface area contributed by atoms with Crippen LogP contribution in [0.1, 0.15) is 22.3 Å². The maximum Gasteiger partial charge on any atom is 0.278 e. The summed E-state index contributed by atoms with van der Waals surface area (Å²) in [6.45, 7) is 2.74. The molecule has 4 rings (SSSR count). The number of rotatable bonds is 7. The van der Waals surface area contributed by atoms with Gasteiger partial charge in [-0.1, -0.05) is 78.4 Å². The molecule has 32 heavy (non-hydrogen) atoms. The van der Waals surface area contributed by atoms with E-state index in [1.54, 1.807) is 13.2 Å². The summed E-state index contributed by atoms with van der Waals surface area (Å²) in [5.41, 5.74) is 4.47. The molecular weight excluding hydrogens is 400 g/mol. The Bertz CT molecular complexity index is 1170. The van der Waals surface area contributed by atoms with Crippen molar-refractivity contribution >= 4 is 17.4 Å². The highest BCUT2D eigenvalue weighted by atomic mass is 16.5. The van der Waals surface area contributed by atoms with Gasteiger partial charge in [0.1, 0.15) is 11.4 Å². The molecule has 0 saturated carbocycles. The minimum Gasteiger partial charge on any atom is -0.496 e. The second-order valence-corrected chi connectivity index (χ2v) is 7.95. The molecule has 2 amide bonds. The van der Waals surface area contributed by atoms with Crippen LogP contribution >= 0.6 is 0 Å². The summed E-state index contributed by atoms with van der Waals surface area (Å²) in [6.07, 6.45) is 0. The number of amides is 2. The largest absolute Gasteiger partial charge is 0.496 e. The fourth-order valence-corrected chi connectivity index (χ4v) is 3.97. The topological polar surface area (TPSA) is 49.9 Å². The predicted molar refractivity (Wildman–Crippen MR) is 125 cm³/mol. The van der Waals surface area contributed by atoms with Crippen molar-refractivity contribution in [1.29, 1.82) is 0 Å². The van der Waals surface area contributed by atoms with Crippen molar-refractivity contribution in [2.45, 2.75) is 20.0 Å². The molecule has 5 heteroatoms. The van der Waals surface area contributed by atoms with Crippen molar-refractivity contribution in [2.75, 3.05) is 14.2 Å². The number of carbonyl (C=O) groups excluding carboxylic acids is 2. The first-order valence-corrected chi connectivity index (χ1v) is 10.5. The Kier molecular flexibility index (Phi) is 6.08. The Morgan fingerprint density at radius 3 is 2.16 bits per heavy atom. The van der Waals surface area contributed by atoms with Crippen LogP contribution in [-0.4, -0.2) is 35.8 Å². The summed E-state index contributed by atoms with van der Waals surface area (Å²) in [4.78, 5) is 30.3. The molecule has 3 aromatic carbocycles. The molecule has 0 atom stereocenters. The molecule has 0 spiro atoms. The molecule has 162 valence electrons. The number of likely N-dealkylation sites (N-methyl/N-ethyl adjacent to an activating group) is 1. The summed E-state index contributed by atoms with van der Waals surface area (Å²) in [5.74, 6) is -0.0451. The van der Waals surface area contributed by atoms with Crippen LogP contribution in [0.15, 0.2) is 84.6 Å². The monoisotopic (exact) mass is 426 g/mol. The van der Waals surface area contributed by atoms with Crippen LogP contribution < -0.4 is 4.74 Å². The molecule has 1 heterocycles. The van der Waals surface area contributed by atoms with E-state index in [9.17, 15) is 9.59 Å². The van der Waals surface area contributed by atoms with Gasteiger partial charge in [-0.05, 0) is 24.1 Å². The van der Waals surface area contributed by atoms with Crippen molar-refractivity contribution < 1.29 is 14.3 Å². The first-order chi connectivity index (χ1) is 15.5. The second-order valence-electron chi connectivity index (χ2n) is 7.95. The summed E-state index contributed by atoms with van der Waals surface area (Å²) in [7, 11) is 3.41. The van der Waals surface area contributed by atoms with Crippen LogP contribution in [0.4, 0.5) is 0 Å². The molecule has 0 saturated heterocycles. The summed E-state index contributed by atoms with van der Waals surface area (Å²) < 4.78 is 5.52. The number of hydrogen-bond donors (Lipinski definition) is 0. The van der Waals surface area contributed by atoms with Crippen LogP contribution in [-0.2, 0) is 22.7 Å². The smallest absolute Gasteiger partial charge is 0.278 e. The zero-order valence-electron chi connectivity index (χ0n) is 18.5. The van der Waals surface area contributed by atoms with Crippen LogP contribution in [0, 0.1) is 6.92 Å². The van der Waals surface area contributed by atoms with Gasteiger partial charge in [0.05, 0.1) is 19.2 Å². The van der Waals surface area contributed by atoms with E-state index in [4.69, 9.17) is 4.74 Å². The van der Waals surface area contributed by atoms with Crippen molar-refractivity contribution in [3.05, 3.63) is 107 Å². The molecule has 1 aliphatic heterocycles. The van der Waals surface area contributed by atoms with Gasteiger partial charge in [-0.25, -0.2) is 0 Å². The first-order valence-electron chi connectivity index (χ1n) is 10.5. The average molecular weight is 427 g/mol. The average Bonchev–Trinajstić information content (AvgIpc) is 3.05. The molecule has 5 nitrogen and oxygen atoms in total. The third kappa shape index (κ3) is 4.14. The first kappa shape index (κ1) is 21.4. The molecule has 0 aliphatic carbocycles. The third-order valence-electron chi connectivity index (χ3n) is 5.63. The molecule has 0 aromatic heterocycles. The SMILES string of the molecule is COc1ccccc1C1=C(N(C)Cc2ccccc2)C(=O)N(Cc2ccc(C)cc2)C1=O. The number of hydrogen-bond acceptors (Lipinski definition) is 4. The van der Waals surface area contributed by atoms with E-state index in [1.165, 1.54) is 4.90 Å². The molecule has 0 fully saturated rings. The highest BCUT2D eigenvalue weighted by molar-refractivity contribution is 6.35. The standard InChI is InChI=1S/C27H26N2O3/c1-19-13-15-21(16-14-19)18-29-26(30)24(22-11-7-8-12-23(22)32-3)25(27(29)31)28(2)17-20-9-5-4-6-10-20/h4-16H,17-18H2,1-3H3. The zero-order valence-corrected chi connectivity index (χ0v) is 18.5. The molecule has 0 N–H and O–H groups in total. The highest BCUT2D eigenvalue weighted by Crippen LogP contribution is 2.36. The van der Waals surface area contributed by atoms with E-state index in [1.807, 2.05) is 91.7 Å². The van der Waals surface area contributed by atoms with Crippen LogP contribution in [0.5, 0.6) is 5.75 Å². The van der Waals surface area contributed by atoms with Gasteiger partial charge >= 0.3 is 0 Å². The van der Waals surface area contributed by atoms with Crippen molar-refractivity contribution in [3.8, 4) is 5.75 Å². The Hall–Kier alpha value is -3.86. The van der Waals surface area contributed by atoms with Crippen LogP contribution in [0.25, 0.3) is 5.57 Å². The number of carbonyl (C=O) groups is 2. The van der Waals surface area contributed by atoms with E-state index in [0.717, 1.165) is 16.7 Å². The second kappa shape index (κ2) is 9.10. The van der Waals surface area contributed by atoms with E-state index in [2.05, 4.69) is 0 Å². The van der Waals surface area contributed by atoms with E-state index in [0.29, 0.717) is 29.1 Å². The Morgan fingerprint density at radius 2 is 1.47 bits per heavy atom. The van der Waals surface area contributed by atoms with Gasteiger partial charge in [0, 0.05) is 19.2 Å².